The molecule has 0 atom stereocenters. The van der Waals surface area contributed by atoms with Gasteiger partial charge in [-0.1, -0.05) is 97.1 Å². The molecule has 0 aliphatic heterocycles. The quantitative estimate of drug-likeness (QED) is 0.169. The SMILES string of the molecule is [C-]#[N+]c1cccc2c1c1ccccc1n2-c1ccc(C#N)c(-c2ccc(-n3c4ccccc4c4cc(-n5c6ccccc6c6ccccc65)ccc43)cc2)c1. The van der Waals surface area contributed by atoms with Crippen LogP contribution in [-0.4, -0.2) is 13.7 Å². The molecule has 0 spiro atoms. The minimum atomic E-state index is 0.605. The van der Waals surface area contributed by atoms with Gasteiger partial charge in [0.05, 0.1) is 45.8 Å². The molecule has 8 aromatic carbocycles. The molecule has 0 aliphatic rings. The van der Waals surface area contributed by atoms with Crippen molar-refractivity contribution >= 4 is 71.1 Å². The molecular weight excluding hydrogens is 671 g/mol. The van der Waals surface area contributed by atoms with Crippen molar-refractivity contribution in [2.75, 3.05) is 0 Å². The molecule has 0 bridgehead atoms. The van der Waals surface area contributed by atoms with Crippen LogP contribution in [0.15, 0.2) is 176 Å². The largest absolute Gasteiger partial charge is 0.311 e. The van der Waals surface area contributed by atoms with Crippen molar-refractivity contribution in [1.29, 1.82) is 5.26 Å². The summed E-state index contributed by atoms with van der Waals surface area (Å²) >= 11 is 0. The van der Waals surface area contributed by atoms with Crippen LogP contribution >= 0.6 is 0 Å². The van der Waals surface area contributed by atoms with Crippen LogP contribution in [0.25, 0.3) is 98.5 Å². The first-order valence-corrected chi connectivity index (χ1v) is 18.3. The molecule has 5 nitrogen and oxygen atoms in total. The lowest BCUT2D eigenvalue weighted by Crippen LogP contribution is -1.97. The van der Waals surface area contributed by atoms with Gasteiger partial charge in [0.2, 0.25) is 0 Å². The van der Waals surface area contributed by atoms with E-state index < -0.39 is 0 Å². The number of aromatic nitrogens is 3. The third-order valence-corrected chi connectivity index (χ3v) is 11.1. The molecule has 11 rings (SSSR count). The van der Waals surface area contributed by atoms with Crippen LogP contribution in [0.3, 0.4) is 0 Å². The van der Waals surface area contributed by atoms with E-state index in [1.54, 1.807) is 0 Å². The maximum atomic E-state index is 10.3. The number of benzene rings is 8. The third kappa shape index (κ3) is 4.45. The highest BCUT2D eigenvalue weighted by Gasteiger charge is 2.19. The highest BCUT2D eigenvalue weighted by Crippen LogP contribution is 2.40. The summed E-state index contributed by atoms with van der Waals surface area (Å²) in [5.41, 5.74) is 12.8. The summed E-state index contributed by atoms with van der Waals surface area (Å²) < 4.78 is 6.90. The van der Waals surface area contributed by atoms with Crippen LogP contribution in [0.5, 0.6) is 0 Å². The van der Waals surface area contributed by atoms with Gasteiger partial charge >= 0.3 is 0 Å². The molecule has 55 heavy (non-hydrogen) atoms. The Morgan fingerprint density at radius 3 is 1.53 bits per heavy atom. The Labute approximate surface area is 316 Å². The van der Waals surface area contributed by atoms with Crippen LogP contribution in [0.4, 0.5) is 5.69 Å². The first kappa shape index (κ1) is 30.7. The van der Waals surface area contributed by atoms with E-state index in [1.807, 2.05) is 36.4 Å². The molecule has 0 radical (unpaired) electrons. The smallest absolute Gasteiger partial charge is 0.197 e. The summed E-state index contributed by atoms with van der Waals surface area (Å²) in [6, 6.07) is 63.7. The van der Waals surface area contributed by atoms with Gasteiger partial charge in [0.15, 0.2) is 5.69 Å². The maximum Gasteiger partial charge on any atom is 0.197 e. The van der Waals surface area contributed by atoms with Crippen molar-refractivity contribution < 1.29 is 0 Å². The molecule has 3 aromatic heterocycles. The minimum Gasteiger partial charge on any atom is -0.311 e. The Bertz CT molecular complexity index is 3400. The van der Waals surface area contributed by atoms with Crippen LogP contribution in [0.1, 0.15) is 5.56 Å². The monoisotopic (exact) mass is 699 g/mol. The van der Waals surface area contributed by atoms with Crippen LogP contribution in [0.2, 0.25) is 0 Å². The van der Waals surface area contributed by atoms with E-state index in [4.69, 9.17) is 6.57 Å². The molecule has 0 amide bonds. The van der Waals surface area contributed by atoms with E-state index in [9.17, 15) is 5.26 Å². The van der Waals surface area contributed by atoms with E-state index >= 15 is 0 Å². The van der Waals surface area contributed by atoms with Crippen LogP contribution in [-0.2, 0) is 0 Å². The fourth-order valence-corrected chi connectivity index (χ4v) is 8.75. The molecule has 11 aromatic rings. The summed E-state index contributed by atoms with van der Waals surface area (Å²) in [5, 5.41) is 17.1. The summed E-state index contributed by atoms with van der Waals surface area (Å²) in [6.07, 6.45) is 0. The molecule has 0 aliphatic carbocycles. The van der Waals surface area contributed by atoms with Crippen molar-refractivity contribution in [3.05, 3.63) is 193 Å². The Kier molecular flexibility index (Phi) is 6.61. The molecule has 0 saturated heterocycles. The fourth-order valence-electron chi connectivity index (χ4n) is 8.75. The third-order valence-electron chi connectivity index (χ3n) is 11.1. The van der Waals surface area contributed by atoms with Crippen LogP contribution < -0.4 is 0 Å². The lowest BCUT2D eigenvalue weighted by Gasteiger charge is -2.13. The van der Waals surface area contributed by atoms with Gasteiger partial charge in [-0.3, -0.25) is 0 Å². The zero-order valence-corrected chi connectivity index (χ0v) is 29.5. The Hall–Kier alpha value is -7.86. The van der Waals surface area contributed by atoms with Gasteiger partial charge in [0, 0.05) is 55.1 Å². The van der Waals surface area contributed by atoms with E-state index in [1.165, 1.54) is 32.6 Å². The number of fused-ring (bicyclic) bond motifs is 9. The number of hydrogen-bond acceptors (Lipinski definition) is 1. The van der Waals surface area contributed by atoms with E-state index in [2.05, 4.69) is 164 Å². The van der Waals surface area contributed by atoms with Gasteiger partial charge in [0.25, 0.3) is 0 Å². The van der Waals surface area contributed by atoms with Crippen molar-refractivity contribution in [1.82, 2.24) is 13.7 Å². The predicted molar refractivity (Wildman–Crippen MR) is 226 cm³/mol. The highest BCUT2D eigenvalue weighted by atomic mass is 15.0. The zero-order chi connectivity index (χ0) is 36.6. The maximum absolute atomic E-state index is 10.3. The van der Waals surface area contributed by atoms with Gasteiger partial charge in [0.1, 0.15) is 0 Å². The lowest BCUT2D eigenvalue weighted by atomic mass is 9.99. The Balaban J connectivity index is 1.05. The average molecular weight is 700 g/mol. The molecule has 0 N–H and O–H groups in total. The normalized spacial score (nSPS) is 11.6. The molecule has 3 heterocycles. The van der Waals surface area contributed by atoms with E-state index in [0.29, 0.717) is 11.3 Å². The van der Waals surface area contributed by atoms with E-state index in [0.717, 1.165) is 61.0 Å². The molecule has 254 valence electrons. The first-order valence-electron chi connectivity index (χ1n) is 18.3. The number of hydrogen-bond donors (Lipinski definition) is 0. The second-order valence-electron chi connectivity index (χ2n) is 13.9. The average Bonchev–Trinajstić information content (AvgIpc) is 3.89. The Morgan fingerprint density at radius 2 is 0.891 bits per heavy atom. The summed E-state index contributed by atoms with van der Waals surface area (Å²) in [7, 11) is 0. The molecule has 0 unspecified atom stereocenters. The molecule has 0 fully saturated rings. The van der Waals surface area contributed by atoms with E-state index in [-0.39, 0.29) is 0 Å². The van der Waals surface area contributed by atoms with Crippen molar-refractivity contribution in [3.63, 3.8) is 0 Å². The minimum absolute atomic E-state index is 0.605. The number of nitrogens with zero attached hydrogens (tertiary/aromatic N) is 5. The van der Waals surface area contributed by atoms with Crippen molar-refractivity contribution in [2.24, 2.45) is 0 Å². The lowest BCUT2D eigenvalue weighted by molar-refractivity contribution is 1.16. The zero-order valence-electron chi connectivity index (χ0n) is 29.5. The summed E-state index contributed by atoms with van der Waals surface area (Å²) in [5.74, 6) is 0. The predicted octanol–water partition coefficient (Wildman–Crippen LogP) is 13.1. The number of rotatable bonds is 4. The van der Waals surface area contributed by atoms with Gasteiger partial charge in [-0.05, 0) is 89.8 Å². The summed E-state index contributed by atoms with van der Waals surface area (Å²) in [4.78, 5) is 3.84. The summed E-state index contributed by atoms with van der Waals surface area (Å²) in [6.45, 7) is 7.84. The first-order chi connectivity index (χ1) is 27.2. The van der Waals surface area contributed by atoms with Crippen molar-refractivity contribution in [3.8, 4) is 34.3 Å². The highest BCUT2D eigenvalue weighted by molar-refractivity contribution is 6.15. The number of nitriles is 1. The fraction of sp³-hybridized carbons (Fsp3) is 0. The van der Waals surface area contributed by atoms with Gasteiger partial charge in [-0.2, -0.15) is 5.26 Å². The number of para-hydroxylation sites is 4. The van der Waals surface area contributed by atoms with Gasteiger partial charge < -0.3 is 13.7 Å². The topological polar surface area (TPSA) is 42.9 Å². The van der Waals surface area contributed by atoms with Crippen LogP contribution in [0, 0.1) is 17.9 Å². The molecule has 0 saturated carbocycles. The van der Waals surface area contributed by atoms with Gasteiger partial charge in [-0.15, -0.1) is 0 Å². The molecular formula is C50H29N5. The van der Waals surface area contributed by atoms with Crippen molar-refractivity contribution in [2.45, 2.75) is 0 Å². The molecule has 5 heteroatoms. The standard InChI is InChI=1S/C50H29N5/c1-52-43-15-10-20-49-50(43)40-14-5-9-19-47(40)55(49)35-26-23-33(31-51)41(29-35)32-21-24-34(25-22-32)53-46-18-8-4-13-39(46)42-30-36(27-28-48(42)53)54-44-16-6-2-11-37(44)38-12-3-7-17-45(38)54/h2-30H. The van der Waals surface area contributed by atoms with Gasteiger partial charge in [-0.25, -0.2) is 4.85 Å². The second kappa shape index (κ2) is 11.8. The Morgan fingerprint density at radius 1 is 0.418 bits per heavy atom. The second-order valence-corrected chi connectivity index (χ2v) is 13.9.